The molecule has 0 saturated heterocycles. The highest BCUT2D eigenvalue weighted by Gasteiger charge is 2.25. The summed E-state index contributed by atoms with van der Waals surface area (Å²) in [4.78, 5) is -0.0496. The summed E-state index contributed by atoms with van der Waals surface area (Å²) in [5, 5.41) is 0. The Bertz CT molecular complexity index is 487. The van der Waals surface area contributed by atoms with E-state index in [0.717, 1.165) is 31.4 Å². The number of methoxy groups -OCH3 is 1. The molecule has 1 fully saturated rings. The lowest BCUT2D eigenvalue weighted by Gasteiger charge is -2.28. The van der Waals surface area contributed by atoms with Crippen molar-refractivity contribution >= 4 is 17.2 Å². The number of hydrogen-bond acceptors (Lipinski definition) is 3. The normalized spacial score (nSPS) is 22.6. The Morgan fingerprint density at radius 3 is 2.40 bits per heavy atom. The van der Waals surface area contributed by atoms with E-state index in [1.54, 1.807) is 7.11 Å². The van der Waals surface area contributed by atoms with Crippen LogP contribution in [0.2, 0.25) is 0 Å². The van der Waals surface area contributed by atoms with Crippen molar-refractivity contribution in [1.29, 1.82) is 0 Å². The maximum absolute atomic E-state index is 13.9. The summed E-state index contributed by atoms with van der Waals surface area (Å²) in [5.41, 5.74) is 5.52. The summed E-state index contributed by atoms with van der Waals surface area (Å²) in [6.07, 6.45) is 3.09. The van der Waals surface area contributed by atoms with E-state index in [4.69, 9.17) is 27.4 Å². The molecular weight excluding hydrogens is 284 g/mol. The number of benzene rings is 1. The molecule has 110 valence electrons. The largest absolute Gasteiger partial charge is 0.484 e. The van der Waals surface area contributed by atoms with Crippen LogP contribution in [0.25, 0.3) is 0 Å². The maximum Gasteiger partial charge on any atom is 0.191 e. The van der Waals surface area contributed by atoms with Crippen molar-refractivity contribution in [2.45, 2.75) is 37.9 Å². The van der Waals surface area contributed by atoms with Gasteiger partial charge in [-0.2, -0.15) is 0 Å². The van der Waals surface area contributed by atoms with Gasteiger partial charge in [0, 0.05) is 19.1 Å². The van der Waals surface area contributed by atoms with Crippen molar-refractivity contribution in [1.82, 2.24) is 0 Å². The molecule has 0 spiro atoms. The van der Waals surface area contributed by atoms with Crippen molar-refractivity contribution in [3.63, 3.8) is 0 Å². The lowest BCUT2D eigenvalue weighted by Crippen LogP contribution is -2.30. The molecule has 2 N–H and O–H groups in total. The molecule has 0 aliphatic heterocycles. The summed E-state index contributed by atoms with van der Waals surface area (Å²) in [7, 11) is 1.63. The van der Waals surface area contributed by atoms with Gasteiger partial charge in [0.05, 0.1) is 6.10 Å². The van der Waals surface area contributed by atoms with Crippen LogP contribution in [-0.4, -0.2) is 24.3 Å². The molecule has 0 bridgehead atoms. The van der Waals surface area contributed by atoms with Crippen LogP contribution in [0.5, 0.6) is 5.75 Å². The van der Waals surface area contributed by atoms with Gasteiger partial charge in [0.2, 0.25) is 0 Å². The Labute approximate surface area is 122 Å². The lowest BCUT2D eigenvalue weighted by molar-refractivity contribution is 0.0184. The molecule has 1 aliphatic rings. The number of ether oxygens (including phenoxy) is 2. The van der Waals surface area contributed by atoms with E-state index in [2.05, 4.69) is 0 Å². The summed E-state index contributed by atoms with van der Waals surface area (Å²) in [5.74, 6) is -1.94. The standard InChI is InChI=1S/C14H17F2NO2S/c1-18-9-3-2-4-10(7-9)19-13-11(15)5-8(14(17)20)6-12(13)16/h5-6,9-10H,2-4,7H2,1H3,(H2,17,20). The van der Waals surface area contributed by atoms with E-state index < -0.39 is 11.6 Å². The van der Waals surface area contributed by atoms with Gasteiger partial charge in [-0.1, -0.05) is 12.2 Å². The van der Waals surface area contributed by atoms with Crippen LogP contribution < -0.4 is 10.5 Å². The van der Waals surface area contributed by atoms with Crippen molar-refractivity contribution in [2.24, 2.45) is 5.73 Å². The van der Waals surface area contributed by atoms with Crippen LogP contribution in [0.1, 0.15) is 31.2 Å². The third kappa shape index (κ3) is 3.43. The van der Waals surface area contributed by atoms with Gasteiger partial charge >= 0.3 is 0 Å². The molecule has 0 radical (unpaired) electrons. The summed E-state index contributed by atoms with van der Waals surface area (Å²) in [6, 6.07) is 2.19. The second-order valence-electron chi connectivity index (χ2n) is 4.90. The molecule has 0 heterocycles. The maximum atomic E-state index is 13.9. The minimum atomic E-state index is -0.785. The zero-order valence-corrected chi connectivity index (χ0v) is 12.0. The molecule has 20 heavy (non-hydrogen) atoms. The highest BCUT2D eigenvalue weighted by molar-refractivity contribution is 7.80. The van der Waals surface area contributed by atoms with Crippen LogP contribution in [0.3, 0.4) is 0 Å². The average Bonchev–Trinajstić information content (AvgIpc) is 2.42. The highest BCUT2D eigenvalue weighted by Crippen LogP contribution is 2.29. The van der Waals surface area contributed by atoms with Crippen LogP contribution in [0, 0.1) is 11.6 Å². The van der Waals surface area contributed by atoms with Gasteiger partial charge in [0.15, 0.2) is 17.4 Å². The molecule has 1 saturated carbocycles. The molecule has 1 aromatic rings. The Hall–Kier alpha value is -1.27. The van der Waals surface area contributed by atoms with E-state index >= 15 is 0 Å². The monoisotopic (exact) mass is 301 g/mol. The van der Waals surface area contributed by atoms with Gasteiger partial charge in [-0.3, -0.25) is 0 Å². The molecule has 2 unspecified atom stereocenters. The van der Waals surface area contributed by atoms with Gasteiger partial charge in [0.1, 0.15) is 11.1 Å². The third-order valence-corrected chi connectivity index (χ3v) is 3.71. The van der Waals surface area contributed by atoms with Crippen LogP contribution in [0.4, 0.5) is 8.78 Å². The van der Waals surface area contributed by atoms with E-state index in [0.29, 0.717) is 6.42 Å². The summed E-state index contributed by atoms with van der Waals surface area (Å²) < 4.78 is 38.5. The smallest absolute Gasteiger partial charge is 0.191 e. The number of thiocarbonyl (C=S) groups is 1. The lowest BCUT2D eigenvalue weighted by atomic mass is 9.95. The number of halogens is 2. The quantitative estimate of drug-likeness (QED) is 0.869. The number of rotatable bonds is 4. The number of nitrogens with two attached hydrogens (primary N) is 1. The Morgan fingerprint density at radius 1 is 1.25 bits per heavy atom. The summed E-state index contributed by atoms with van der Waals surface area (Å²) >= 11 is 4.70. The van der Waals surface area contributed by atoms with Crippen molar-refractivity contribution in [3.05, 3.63) is 29.3 Å². The molecule has 6 heteroatoms. The molecule has 1 aromatic carbocycles. The number of hydrogen-bond donors (Lipinski definition) is 1. The van der Waals surface area contributed by atoms with Crippen LogP contribution >= 0.6 is 12.2 Å². The van der Waals surface area contributed by atoms with Crippen molar-refractivity contribution < 1.29 is 18.3 Å². The van der Waals surface area contributed by atoms with Gasteiger partial charge in [-0.25, -0.2) is 8.78 Å². The van der Waals surface area contributed by atoms with Gasteiger partial charge < -0.3 is 15.2 Å². The van der Waals surface area contributed by atoms with E-state index in [9.17, 15) is 8.78 Å². The molecule has 2 rings (SSSR count). The average molecular weight is 301 g/mol. The van der Waals surface area contributed by atoms with Crippen LogP contribution in [0.15, 0.2) is 12.1 Å². The van der Waals surface area contributed by atoms with Gasteiger partial charge in [-0.15, -0.1) is 0 Å². The van der Waals surface area contributed by atoms with Gasteiger partial charge in [0.25, 0.3) is 0 Å². The minimum Gasteiger partial charge on any atom is -0.484 e. The van der Waals surface area contributed by atoms with E-state index in [1.807, 2.05) is 0 Å². The fraction of sp³-hybridized carbons (Fsp3) is 0.500. The third-order valence-electron chi connectivity index (χ3n) is 3.48. The first-order valence-electron chi connectivity index (χ1n) is 6.49. The first-order chi connectivity index (χ1) is 9.51. The van der Waals surface area contributed by atoms with Crippen molar-refractivity contribution in [2.75, 3.05) is 7.11 Å². The van der Waals surface area contributed by atoms with E-state index in [-0.39, 0.29) is 28.5 Å². The second-order valence-corrected chi connectivity index (χ2v) is 5.34. The first-order valence-corrected chi connectivity index (χ1v) is 6.90. The van der Waals surface area contributed by atoms with Gasteiger partial charge in [-0.05, 0) is 31.4 Å². The molecule has 0 amide bonds. The molecule has 2 atom stereocenters. The SMILES string of the molecule is COC1CCCC(Oc2c(F)cc(C(N)=S)cc2F)C1. The molecule has 0 aromatic heterocycles. The zero-order valence-electron chi connectivity index (χ0n) is 11.2. The predicted octanol–water partition coefficient (Wildman–Crippen LogP) is 2.94. The molecule has 3 nitrogen and oxygen atoms in total. The van der Waals surface area contributed by atoms with E-state index in [1.165, 1.54) is 0 Å². The molecule has 1 aliphatic carbocycles. The fourth-order valence-electron chi connectivity index (χ4n) is 2.40. The Kier molecular flexibility index (Phi) is 4.88. The van der Waals surface area contributed by atoms with Crippen molar-refractivity contribution in [3.8, 4) is 5.75 Å². The Morgan fingerprint density at radius 2 is 1.85 bits per heavy atom. The molecular formula is C14H17F2NO2S. The minimum absolute atomic E-state index is 0.0496. The fourth-order valence-corrected chi connectivity index (χ4v) is 2.52. The predicted molar refractivity (Wildman–Crippen MR) is 75.9 cm³/mol. The highest BCUT2D eigenvalue weighted by atomic mass is 32.1. The summed E-state index contributed by atoms with van der Waals surface area (Å²) in [6.45, 7) is 0. The Balaban J connectivity index is 2.15. The van der Waals surface area contributed by atoms with Crippen LogP contribution in [-0.2, 0) is 4.74 Å². The first kappa shape index (κ1) is 15.1. The topological polar surface area (TPSA) is 44.5 Å². The zero-order chi connectivity index (χ0) is 14.7. The second kappa shape index (κ2) is 6.45.